The molecule has 6 heteroatoms. The first-order valence-corrected chi connectivity index (χ1v) is 8.49. The van der Waals surface area contributed by atoms with E-state index in [1.54, 1.807) is 0 Å². The topological polar surface area (TPSA) is 65.9 Å². The van der Waals surface area contributed by atoms with Gasteiger partial charge >= 0.3 is 0 Å². The molecule has 24 heavy (non-hydrogen) atoms. The number of hydrogen-bond donors (Lipinski definition) is 3. The van der Waals surface area contributed by atoms with Gasteiger partial charge in [0.2, 0.25) is 0 Å². The van der Waals surface area contributed by atoms with E-state index in [0.717, 1.165) is 37.5 Å². The number of nitrogens with zero attached hydrogens (tertiary/aromatic N) is 1. The number of guanidine groups is 1. The lowest BCUT2D eigenvalue weighted by Gasteiger charge is -2.22. The first kappa shape index (κ1) is 21.2. The van der Waals surface area contributed by atoms with E-state index in [0.29, 0.717) is 19.5 Å². The predicted octanol–water partition coefficient (Wildman–Crippen LogP) is 2.33. The van der Waals surface area contributed by atoms with Crippen molar-refractivity contribution >= 4 is 29.9 Å². The molecule has 1 aliphatic rings. The summed E-state index contributed by atoms with van der Waals surface area (Å²) in [6.45, 7) is 6.86. The number of hydrogen-bond acceptors (Lipinski definition) is 3. The summed E-state index contributed by atoms with van der Waals surface area (Å²) in [4.78, 5) is 4.60. The Labute approximate surface area is 162 Å². The second-order valence-electron chi connectivity index (χ2n) is 6.32. The molecule has 136 valence electrons. The molecule has 2 atom stereocenters. The molecule has 2 unspecified atom stereocenters. The summed E-state index contributed by atoms with van der Waals surface area (Å²) in [5.41, 5.74) is 0.987. The third-order valence-corrected chi connectivity index (χ3v) is 4.04. The number of aliphatic hydroxyl groups excluding tert-OH is 1. The molecule has 1 aliphatic heterocycles. The highest BCUT2D eigenvalue weighted by Crippen LogP contribution is 2.24. The van der Waals surface area contributed by atoms with Gasteiger partial charge in [-0.3, -0.25) is 4.99 Å². The third kappa shape index (κ3) is 7.36. The highest BCUT2D eigenvalue weighted by atomic mass is 127. The number of aliphatic hydroxyl groups is 1. The Bertz CT molecular complexity index is 490. The lowest BCUT2D eigenvalue weighted by Crippen LogP contribution is -2.42. The third-order valence-electron chi connectivity index (χ3n) is 4.04. The summed E-state index contributed by atoms with van der Waals surface area (Å²) < 4.78 is 5.76. The molecule has 0 spiro atoms. The number of ether oxygens (including phenoxy) is 1. The largest absolute Gasteiger partial charge is 0.391 e. The molecule has 0 amide bonds. The van der Waals surface area contributed by atoms with Crippen molar-refractivity contribution in [1.29, 1.82) is 0 Å². The molecule has 1 fully saturated rings. The molecule has 2 rings (SSSR count). The minimum absolute atomic E-state index is 0. The van der Waals surface area contributed by atoms with E-state index in [2.05, 4.69) is 22.5 Å². The van der Waals surface area contributed by atoms with E-state index in [1.807, 2.05) is 37.3 Å². The van der Waals surface area contributed by atoms with E-state index in [-0.39, 0.29) is 29.6 Å². The van der Waals surface area contributed by atoms with E-state index in [9.17, 15) is 5.11 Å². The van der Waals surface area contributed by atoms with E-state index >= 15 is 0 Å². The fraction of sp³-hybridized carbons (Fsp3) is 0.611. The summed E-state index contributed by atoms with van der Waals surface area (Å²) in [7, 11) is 0. The Kier molecular flexibility index (Phi) is 9.61. The van der Waals surface area contributed by atoms with Crippen molar-refractivity contribution in [2.45, 2.75) is 44.8 Å². The zero-order valence-corrected chi connectivity index (χ0v) is 17.0. The van der Waals surface area contributed by atoms with Gasteiger partial charge in [0.05, 0.1) is 18.2 Å². The molecule has 0 saturated carbocycles. The first-order chi connectivity index (χ1) is 11.1. The molecular weight excluding hydrogens is 417 g/mol. The van der Waals surface area contributed by atoms with Crippen molar-refractivity contribution in [2.75, 3.05) is 26.2 Å². The maximum atomic E-state index is 10.2. The van der Waals surface area contributed by atoms with Crippen molar-refractivity contribution < 1.29 is 9.84 Å². The quantitative estimate of drug-likeness (QED) is 0.341. The van der Waals surface area contributed by atoms with Gasteiger partial charge in [-0.1, -0.05) is 30.3 Å². The molecule has 0 aliphatic carbocycles. The van der Waals surface area contributed by atoms with Gasteiger partial charge in [-0.25, -0.2) is 0 Å². The molecule has 0 bridgehead atoms. The predicted molar refractivity (Wildman–Crippen MR) is 109 cm³/mol. The van der Waals surface area contributed by atoms with Crippen LogP contribution in [0.25, 0.3) is 0 Å². The fourth-order valence-corrected chi connectivity index (χ4v) is 2.72. The summed E-state index contributed by atoms with van der Waals surface area (Å²) in [6.07, 6.45) is 2.34. The first-order valence-electron chi connectivity index (χ1n) is 8.49. The maximum absolute atomic E-state index is 10.2. The molecule has 0 radical (unpaired) electrons. The zero-order chi connectivity index (χ0) is 16.5. The molecular formula is C18H30IN3O2. The molecule has 3 N–H and O–H groups in total. The highest BCUT2D eigenvalue weighted by Gasteiger charge is 2.29. The Morgan fingerprint density at radius 2 is 2.08 bits per heavy atom. The minimum atomic E-state index is -0.445. The van der Waals surface area contributed by atoms with Crippen molar-refractivity contribution in [3.05, 3.63) is 35.9 Å². The number of rotatable bonds is 7. The average Bonchev–Trinajstić information content (AvgIpc) is 2.98. The number of benzene rings is 1. The van der Waals surface area contributed by atoms with Gasteiger partial charge in [0, 0.05) is 26.1 Å². The number of nitrogens with one attached hydrogen (secondary N) is 2. The second-order valence-corrected chi connectivity index (χ2v) is 6.32. The normalized spacial score (nSPS) is 21.9. The fourth-order valence-electron chi connectivity index (χ4n) is 2.72. The van der Waals surface area contributed by atoms with Crippen LogP contribution >= 0.6 is 24.0 Å². The van der Waals surface area contributed by atoms with Crippen LogP contribution in [0, 0.1) is 0 Å². The van der Waals surface area contributed by atoms with Crippen LogP contribution in [0.15, 0.2) is 35.3 Å². The zero-order valence-electron chi connectivity index (χ0n) is 14.6. The van der Waals surface area contributed by atoms with Gasteiger partial charge in [0.1, 0.15) is 0 Å². The lowest BCUT2D eigenvalue weighted by atomic mass is 10.0. The van der Waals surface area contributed by atoms with Gasteiger partial charge < -0.3 is 20.5 Å². The summed E-state index contributed by atoms with van der Waals surface area (Å²) in [5.74, 6) is 0.733. The van der Waals surface area contributed by atoms with Crippen LogP contribution in [-0.2, 0) is 11.2 Å². The molecule has 0 aromatic heterocycles. The molecule has 1 aromatic carbocycles. The molecule has 1 saturated heterocycles. The van der Waals surface area contributed by atoms with Gasteiger partial charge in [0.25, 0.3) is 0 Å². The van der Waals surface area contributed by atoms with Crippen molar-refractivity contribution in [1.82, 2.24) is 10.6 Å². The van der Waals surface area contributed by atoms with Gasteiger partial charge in [-0.05, 0) is 32.3 Å². The Morgan fingerprint density at radius 1 is 1.33 bits per heavy atom. The van der Waals surface area contributed by atoms with Crippen LogP contribution in [-0.4, -0.2) is 49.0 Å². The van der Waals surface area contributed by atoms with Crippen LogP contribution in [0.3, 0.4) is 0 Å². The van der Waals surface area contributed by atoms with Crippen LogP contribution < -0.4 is 10.6 Å². The summed E-state index contributed by atoms with van der Waals surface area (Å²) in [6, 6.07) is 10.0. The highest BCUT2D eigenvalue weighted by molar-refractivity contribution is 14.0. The Hall–Kier alpha value is -0.860. The van der Waals surface area contributed by atoms with Crippen LogP contribution in [0.1, 0.15) is 32.3 Å². The monoisotopic (exact) mass is 447 g/mol. The maximum Gasteiger partial charge on any atom is 0.191 e. The van der Waals surface area contributed by atoms with Crippen molar-refractivity contribution in [3.63, 3.8) is 0 Å². The van der Waals surface area contributed by atoms with Gasteiger partial charge in [0.15, 0.2) is 5.96 Å². The van der Waals surface area contributed by atoms with Gasteiger partial charge in [-0.15, -0.1) is 24.0 Å². The van der Waals surface area contributed by atoms with Crippen molar-refractivity contribution in [3.8, 4) is 0 Å². The van der Waals surface area contributed by atoms with Crippen LogP contribution in [0.4, 0.5) is 0 Å². The van der Waals surface area contributed by atoms with Gasteiger partial charge in [-0.2, -0.15) is 0 Å². The summed E-state index contributed by atoms with van der Waals surface area (Å²) >= 11 is 0. The minimum Gasteiger partial charge on any atom is -0.391 e. The molecule has 1 aromatic rings. The van der Waals surface area contributed by atoms with E-state index < -0.39 is 6.10 Å². The smallest absolute Gasteiger partial charge is 0.191 e. The second kappa shape index (κ2) is 10.9. The molecule has 1 heterocycles. The summed E-state index contributed by atoms with van der Waals surface area (Å²) in [5, 5.41) is 16.6. The average molecular weight is 447 g/mol. The van der Waals surface area contributed by atoms with E-state index in [4.69, 9.17) is 4.74 Å². The molecule has 5 nitrogen and oxygen atoms in total. The number of aliphatic imine (C=N–C) groups is 1. The Balaban J connectivity index is 0.00000288. The SMILES string of the molecule is CCNC(=NCC1(C)CCCO1)NCC(O)Cc1ccccc1.I. The number of halogens is 1. The van der Waals surface area contributed by atoms with Crippen LogP contribution in [0.5, 0.6) is 0 Å². The van der Waals surface area contributed by atoms with Crippen LogP contribution in [0.2, 0.25) is 0 Å². The lowest BCUT2D eigenvalue weighted by molar-refractivity contribution is 0.0283. The van der Waals surface area contributed by atoms with E-state index in [1.165, 1.54) is 0 Å². The van der Waals surface area contributed by atoms with Crippen molar-refractivity contribution in [2.24, 2.45) is 4.99 Å². The standard InChI is InChI=1S/C18H29N3O2.HI/c1-3-19-17(21-14-18(2)10-7-11-23-18)20-13-16(22)12-15-8-5-4-6-9-15;/h4-6,8-9,16,22H,3,7,10-14H2,1-2H3,(H2,19,20,21);1H. The Morgan fingerprint density at radius 3 is 2.71 bits per heavy atom.